The quantitative estimate of drug-likeness (QED) is 0.722. The summed E-state index contributed by atoms with van der Waals surface area (Å²) in [5.41, 5.74) is 1.97. The molecule has 0 bridgehead atoms. The highest BCUT2D eigenvalue weighted by molar-refractivity contribution is 9.10. The van der Waals surface area contributed by atoms with Crippen molar-refractivity contribution in [3.05, 3.63) is 64.6 Å². The van der Waals surface area contributed by atoms with Crippen LogP contribution in [0.4, 0.5) is 5.69 Å². The fourth-order valence-electron chi connectivity index (χ4n) is 4.01. The van der Waals surface area contributed by atoms with E-state index in [2.05, 4.69) is 50.4 Å². The first kappa shape index (κ1) is 19.3. The maximum atomic E-state index is 12.8. The number of hydrogen-bond acceptors (Lipinski definition) is 4. The summed E-state index contributed by atoms with van der Waals surface area (Å²) in [5.74, 6) is -0.273. The Morgan fingerprint density at radius 3 is 2.32 bits per heavy atom. The highest BCUT2D eigenvalue weighted by Gasteiger charge is 2.40. The number of hydrogen-bond donors (Lipinski definition) is 1. The summed E-state index contributed by atoms with van der Waals surface area (Å²) in [6.45, 7) is 2.96. The molecule has 0 radical (unpaired) electrons. The van der Waals surface area contributed by atoms with Gasteiger partial charge in [-0.3, -0.25) is 14.5 Å². The number of halogens is 1. The molecule has 2 aliphatic heterocycles. The number of carbonyl (C=O) groups is 2. The van der Waals surface area contributed by atoms with Crippen LogP contribution in [-0.4, -0.2) is 41.9 Å². The van der Waals surface area contributed by atoms with Crippen molar-refractivity contribution in [2.45, 2.75) is 37.9 Å². The van der Waals surface area contributed by atoms with E-state index in [0.717, 1.165) is 36.9 Å². The number of carbonyl (C=O) groups excluding carboxylic acids is 2. The van der Waals surface area contributed by atoms with Crippen LogP contribution in [0, 0.1) is 0 Å². The van der Waals surface area contributed by atoms with E-state index in [1.807, 2.05) is 18.2 Å². The van der Waals surface area contributed by atoms with Crippen molar-refractivity contribution in [3.63, 3.8) is 0 Å². The Morgan fingerprint density at radius 2 is 1.64 bits per heavy atom. The molecule has 2 aromatic rings. The van der Waals surface area contributed by atoms with Gasteiger partial charge in [0, 0.05) is 17.1 Å². The zero-order chi connectivity index (χ0) is 19.5. The first-order valence-corrected chi connectivity index (χ1v) is 10.5. The number of benzene rings is 2. The molecule has 2 fully saturated rings. The van der Waals surface area contributed by atoms with Crippen molar-refractivity contribution >= 4 is 33.4 Å². The molecule has 146 valence electrons. The van der Waals surface area contributed by atoms with Gasteiger partial charge < -0.3 is 5.32 Å². The molecular formula is C22H24BrN3O2. The molecule has 0 aromatic heterocycles. The summed E-state index contributed by atoms with van der Waals surface area (Å²) in [7, 11) is 0. The molecule has 2 saturated heterocycles. The SMILES string of the molecule is O=C1C[C@@H](NC2CCN(Cc3ccccc3)CC2)C(=O)N1c1ccc(Br)cc1. The Bertz CT molecular complexity index is 833. The minimum Gasteiger partial charge on any atom is -0.303 e. The predicted octanol–water partition coefficient (Wildman–Crippen LogP) is 3.34. The molecule has 1 N–H and O–H groups in total. The van der Waals surface area contributed by atoms with Crippen molar-refractivity contribution in [2.75, 3.05) is 18.0 Å². The molecule has 4 rings (SSSR count). The first-order chi connectivity index (χ1) is 13.6. The Labute approximate surface area is 173 Å². The Hall–Kier alpha value is -2.02. The number of nitrogens with one attached hydrogen (secondary N) is 1. The summed E-state index contributed by atoms with van der Waals surface area (Å²) in [5, 5.41) is 3.45. The molecular weight excluding hydrogens is 418 g/mol. The number of anilines is 1. The molecule has 2 amide bonds. The predicted molar refractivity (Wildman–Crippen MR) is 113 cm³/mol. The topological polar surface area (TPSA) is 52.7 Å². The molecule has 0 saturated carbocycles. The number of imide groups is 1. The third-order valence-corrected chi connectivity index (χ3v) is 6.03. The van der Waals surface area contributed by atoms with Gasteiger partial charge in [0.25, 0.3) is 5.91 Å². The normalized spacial score (nSPS) is 21.5. The maximum absolute atomic E-state index is 12.8. The third-order valence-electron chi connectivity index (χ3n) is 5.50. The van der Waals surface area contributed by atoms with Crippen LogP contribution in [0.3, 0.4) is 0 Å². The van der Waals surface area contributed by atoms with Crippen LogP contribution in [0.5, 0.6) is 0 Å². The third kappa shape index (κ3) is 4.35. The second-order valence-corrected chi connectivity index (χ2v) is 8.42. The van der Waals surface area contributed by atoms with Crippen LogP contribution in [0.15, 0.2) is 59.1 Å². The molecule has 0 aliphatic carbocycles. The highest BCUT2D eigenvalue weighted by atomic mass is 79.9. The fourth-order valence-corrected chi connectivity index (χ4v) is 4.27. The summed E-state index contributed by atoms with van der Waals surface area (Å²) in [6.07, 6.45) is 2.21. The van der Waals surface area contributed by atoms with Crippen LogP contribution in [0.2, 0.25) is 0 Å². The van der Waals surface area contributed by atoms with Gasteiger partial charge in [0.1, 0.15) is 0 Å². The van der Waals surface area contributed by atoms with E-state index < -0.39 is 6.04 Å². The van der Waals surface area contributed by atoms with Gasteiger partial charge in [-0.2, -0.15) is 0 Å². The lowest BCUT2D eigenvalue weighted by Gasteiger charge is -2.33. The molecule has 2 heterocycles. The summed E-state index contributed by atoms with van der Waals surface area (Å²) < 4.78 is 0.923. The second kappa shape index (κ2) is 8.55. The standard InChI is InChI=1S/C22H24BrN3O2/c23-17-6-8-19(9-7-17)26-21(27)14-20(22(26)28)24-18-10-12-25(13-11-18)15-16-4-2-1-3-5-16/h1-9,18,20,24H,10-15H2/t20-/m1/s1. The highest BCUT2D eigenvalue weighted by Crippen LogP contribution is 2.25. The number of likely N-dealkylation sites (tertiary alicyclic amines) is 1. The van der Waals surface area contributed by atoms with Crippen molar-refractivity contribution in [1.29, 1.82) is 0 Å². The van der Waals surface area contributed by atoms with E-state index in [1.165, 1.54) is 10.5 Å². The summed E-state index contributed by atoms with van der Waals surface area (Å²) in [6, 6.07) is 17.6. The maximum Gasteiger partial charge on any atom is 0.251 e. The Balaban J connectivity index is 1.31. The lowest BCUT2D eigenvalue weighted by molar-refractivity contribution is -0.121. The minimum atomic E-state index is -0.415. The van der Waals surface area contributed by atoms with Crippen molar-refractivity contribution < 1.29 is 9.59 Å². The van der Waals surface area contributed by atoms with Gasteiger partial charge in [-0.25, -0.2) is 4.90 Å². The van der Waals surface area contributed by atoms with Crippen LogP contribution < -0.4 is 10.2 Å². The van der Waals surface area contributed by atoms with Crippen LogP contribution in [0.25, 0.3) is 0 Å². The lowest BCUT2D eigenvalue weighted by atomic mass is 10.0. The monoisotopic (exact) mass is 441 g/mol. The number of nitrogens with zero attached hydrogens (tertiary/aromatic N) is 2. The summed E-state index contributed by atoms with van der Waals surface area (Å²) >= 11 is 3.38. The van der Waals surface area contributed by atoms with Crippen LogP contribution in [-0.2, 0) is 16.1 Å². The van der Waals surface area contributed by atoms with Crippen molar-refractivity contribution in [3.8, 4) is 0 Å². The second-order valence-electron chi connectivity index (χ2n) is 7.50. The van der Waals surface area contributed by atoms with E-state index in [4.69, 9.17) is 0 Å². The van der Waals surface area contributed by atoms with Gasteiger partial charge in [0.15, 0.2) is 0 Å². The Morgan fingerprint density at radius 1 is 0.964 bits per heavy atom. The van der Waals surface area contributed by atoms with Gasteiger partial charge in [-0.1, -0.05) is 46.3 Å². The van der Waals surface area contributed by atoms with Gasteiger partial charge in [0.2, 0.25) is 5.91 Å². The first-order valence-electron chi connectivity index (χ1n) is 9.75. The Kier molecular flexibility index (Phi) is 5.90. The molecule has 28 heavy (non-hydrogen) atoms. The van der Waals surface area contributed by atoms with E-state index in [0.29, 0.717) is 5.69 Å². The molecule has 0 unspecified atom stereocenters. The molecule has 0 spiro atoms. The molecule has 2 aromatic carbocycles. The van der Waals surface area contributed by atoms with E-state index in [1.54, 1.807) is 12.1 Å². The van der Waals surface area contributed by atoms with E-state index >= 15 is 0 Å². The van der Waals surface area contributed by atoms with Gasteiger partial charge in [-0.15, -0.1) is 0 Å². The molecule has 5 nitrogen and oxygen atoms in total. The van der Waals surface area contributed by atoms with Gasteiger partial charge >= 0.3 is 0 Å². The zero-order valence-electron chi connectivity index (χ0n) is 15.7. The molecule has 1 atom stereocenters. The van der Waals surface area contributed by atoms with E-state index in [9.17, 15) is 9.59 Å². The molecule has 2 aliphatic rings. The largest absolute Gasteiger partial charge is 0.303 e. The summed E-state index contributed by atoms with van der Waals surface area (Å²) in [4.78, 5) is 29.0. The number of rotatable bonds is 5. The molecule has 6 heteroatoms. The average molecular weight is 442 g/mol. The fraction of sp³-hybridized carbons (Fsp3) is 0.364. The van der Waals surface area contributed by atoms with Crippen molar-refractivity contribution in [1.82, 2.24) is 10.2 Å². The average Bonchev–Trinajstić information content (AvgIpc) is 2.98. The van der Waals surface area contributed by atoms with Crippen LogP contribution in [0.1, 0.15) is 24.8 Å². The smallest absolute Gasteiger partial charge is 0.251 e. The van der Waals surface area contributed by atoms with Gasteiger partial charge in [0.05, 0.1) is 18.2 Å². The zero-order valence-corrected chi connectivity index (χ0v) is 17.3. The van der Waals surface area contributed by atoms with Crippen molar-refractivity contribution in [2.24, 2.45) is 0 Å². The van der Waals surface area contributed by atoms with Crippen LogP contribution >= 0.6 is 15.9 Å². The number of amides is 2. The van der Waals surface area contributed by atoms with Gasteiger partial charge in [-0.05, 0) is 55.8 Å². The lowest BCUT2D eigenvalue weighted by Crippen LogP contribution is -2.48. The van der Waals surface area contributed by atoms with E-state index in [-0.39, 0.29) is 24.3 Å². The number of piperidine rings is 1. The minimum absolute atomic E-state index is 0.133.